The summed E-state index contributed by atoms with van der Waals surface area (Å²) in [5, 5.41) is 10.9. The Morgan fingerprint density at radius 1 is 1.26 bits per heavy atom. The van der Waals surface area contributed by atoms with Crippen LogP contribution in [0.3, 0.4) is 0 Å². The zero-order valence-corrected chi connectivity index (χ0v) is 11.0. The van der Waals surface area contributed by atoms with Crippen molar-refractivity contribution in [1.82, 2.24) is 5.32 Å². The average Bonchev–Trinajstić information content (AvgIpc) is 2.35. The molecule has 0 unspecified atom stereocenters. The minimum absolute atomic E-state index is 0.212. The second-order valence-corrected chi connectivity index (χ2v) is 4.44. The molecular weight excluding hydrogens is 264 g/mol. The molecule has 1 N–H and O–H groups in total. The van der Waals surface area contributed by atoms with Crippen LogP contribution >= 0.6 is 0 Å². The van der Waals surface area contributed by atoms with Gasteiger partial charge < -0.3 is 5.32 Å². The number of amides is 1. The predicted molar refractivity (Wildman–Crippen MR) is 61.8 cm³/mol. The molecule has 7 heteroatoms. The van der Waals surface area contributed by atoms with Crippen molar-refractivity contribution in [1.29, 1.82) is 5.26 Å². The molecule has 0 aliphatic heterocycles. The number of nitrogens with zero attached hydrogens (tertiary/aromatic N) is 1. The van der Waals surface area contributed by atoms with Crippen LogP contribution in [-0.2, 0) is 4.79 Å². The molecule has 1 amide bonds. The van der Waals surface area contributed by atoms with Crippen molar-refractivity contribution in [2.24, 2.45) is 5.41 Å². The summed E-state index contributed by atoms with van der Waals surface area (Å²) in [5.41, 5.74) is -1.41. The number of carbonyl (C=O) groups is 1. The first-order valence-corrected chi connectivity index (χ1v) is 6.11. The van der Waals surface area contributed by atoms with Crippen molar-refractivity contribution in [3.8, 4) is 6.07 Å². The first-order valence-electron chi connectivity index (χ1n) is 6.11. The fourth-order valence-corrected chi connectivity index (χ4v) is 1.81. The molecule has 0 rings (SSSR count). The van der Waals surface area contributed by atoms with Gasteiger partial charge in [-0.05, 0) is 12.8 Å². The molecule has 0 heterocycles. The number of nitriles is 1. The van der Waals surface area contributed by atoms with Crippen LogP contribution in [0.25, 0.3) is 0 Å². The van der Waals surface area contributed by atoms with E-state index in [-0.39, 0.29) is 12.8 Å². The van der Waals surface area contributed by atoms with E-state index in [4.69, 9.17) is 5.26 Å². The van der Waals surface area contributed by atoms with Crippen molar-refractivity contribution >= 4 is 5.91 Å². The van der Waals surface area contributed by atoms with E-state index in [1.54, 1.807) is 19.2 Å². The van der Waals surface area contributed by atoms with Gasteiger partial charge in [0.05, 0.1) is 12.6 Å². The Morgan fingerprint density at radius 3 is 2.05 bits per heavy atom. The Balaban J connectivity index is 4.80. The van der Waals surface area contributed by atoms with Crippen LogP contribution in [0.5, 0.6) is 0 Å². The fraction of sp³-hybridized carbons (Fsp3) is 0.833. The lowest BCUT2D eigenvalue weighted by atomic mass is 9.79. The monoisotopic (exact) mass is 282 g/mol. The Bertz CT molecular complexity index is 333. The van der Waals surface area contributed by atoms with Gasteiger partial charge >= 0.3 is 12.3 Å². The Labute approximate surface area is 110 Å². The summed E-state index contributed by atoms with van der Waals surface area (Å²) in [6, 6.07) is 1.84. The highest BCUT2D eigenvalue weighted by molar-refractivity contribution is 5.85. The van der Waals surface area contributed by atoms with Gasteiger partial charge in [0.1, 0.15) is 5.41 Å². The molecule has 0 fully saturated rings. The highest BCUT2D eigenvalue weighted by Crippen LogP contribution is 2.30. The van der Waals surface area contributed by atoms with Crippen LogP contribution < -0.4 is 5.32 Å². The summed E-state index contributed by atoms with van der Waals surface area (Å²) in [4.78, 5) is 11.8. The molecule has 19 heavy (non-hydrogen) atoms. The normalized spacial score (nSPS) is 12.3. The van der Waals surface area contributed by atoms with Gasteiger partial charge in [0, 0.05) is 0 Å². The number of hydrogen-bond acceptors (Lipinski definition) is 2. The molecule has 110 valence electrons. The fourth-order valence-electron chi connectivity index (χ4n) is 1.81. The Morgan fingerprint density at radius 2 is 1.74 bits per heavy atom. The van der Waals surface area contributed by atoms with Gasteiger partial charge in [-0.25, -0.2) is 8.78 Å². The molecule has 0 aromatic carbocycles. The van der Waals surface area contributed by atoms with Gasteiger partial charge in [-0.1, -0.05) is 26.7 Å². The molecule has 3 nitrogen and oxygen atoms in total. The third-order valence-corrected chi connectivity index (χ3v) is 2.81. The highest BCUT2D eigenvalue weighted by Gasteiger charge is 2.43. The van der Waals surface area contributed by atoms with E-state index >= 15 is 0 Å². The SMILES string of the molecule is CCCC(C#N)(CCC)C(=O)NCC(F)(F)C(F)F. The summed E-state index contributed by atoms with van der Waals surface area (Å²) in [5.74, 6) is -5.19. The van der Waals surface area contributed by atoms with E-state index < -0.39 is 30.2 Å². The van der Waals surface area contributed by atoms with Gasteiger partial charge in [-0.3, -0.25) is 4.79 Å². The summed E-state index contributed by atoms with van der Waals surface area (Å²) >= 11 is 0. The van der Waals surface area contributed by atoms with Crippen molar-refractivity contribution in [2.75, 3.05) is 6.54 Å². The topological polar surface area (TPSA) is 52.9 Å². The van der Waals surface area contributed by atoms with Gasteiger partial charge in [-0.2, -0.15) is 14.0 Å². The third-order valence-electron chi connectivity index (χ3n) is 2.81. The molecular formula is C12H18F4N2O. The molecule has 0 aromatic heterocycles. The minimum Gasteiger partial charge on any atom is -0.348 e. The maximum Gasteiger partial charge on any atom is 0.324 e. The summed E-state index contributed by atoms with van der Waals surface area (Å²) < 4.78 is 49.4. The third kappa shape index (κ3) is 4.69. The maximum absolute atomic E-state index is 12.7. The Kier molecular flexibility index (Phi) is 6.81. The molecule has 0 atom stereocenters. The number of hydrogen-bond donors (Lipinski definition) is 1. The molecule has 0 saturated carbocycles. The molecule has 0 aliphatic carbocycles. The van der Waals surface area contributed by atoms with Crippen molar-refractivity contribution in [2.45, 2.75) is 51.9 Å². The lowest BCUT2D eigenvalue weighted by molar-refractivity contribution is -0.141. The van der Waals surface area contributed by atoms with Crippen molar-refractivity contribution < 1.29 is 22.4 Å². The highest BCUT2D eigenvalue weighted by atomic mass is 19.3. The summed E-state index contributed by atoms with van der Waals surface area (Å²) in [6.45, 7) is 2.05. The zero-order valence-electron chi connectivity index (χ0n) is 11.0. The van der Waals surface area contributed by atoms with Gasteiger partial charge in [-0.15, -0.1) is 0 Å². The van der Waals surface area contributed by atoms with Crippen LogP contribution in [-0.4, -0.2) is 24.8 Å². The number of halogens is 4. The summed E-state index contributed by atoms with van der Waals surface area (Å²) in [7, 11) is 0. The smallest absolute Gasteiger partial charge is 0.324 e. The first kappa shape index (κ1) is 17.7. The van der Waals surface area contributed by atoms with E-state index in [0.717, 1.165) is 0 Å². The van der Waals surface area contributed by atoms with E-state index in [2.05, 4.69) is 0 Å². The van der Waals surface area contributed by atoms with E-state index in [1.165, 1.54) is 0 Å². The second kappa shape index (κ2) is 7.31. The Hall–Kier alpha value is -1.32. The predicted octanol–water partition coefficient (Wildman–Crippen LogP) is 3.11. The molecule has 0 spiro atoms. The maximum atomic E-state index is 12.7. The van der Waals surface area contributed by atoms with E-state index in [1.807, 2.05) is 6.07 Å². The number of alkyl halides is 4. The van der Waals surface area contributed by atoms with Crippen molar-refractivity contribution in [3.05, 3.63) is 0 Å². The second-order valence-electron chi connectivity index (χ2n) is 4.44. The van der Waals surface area contributed by atoms with Crippen LogP contribution in [0.4, 0.5) is 17.6 Å². The van der Waals surface area contributed by atoms with Crippen LogP contribution in [0.15, 0.2) is 0 Å². The molecule has 0 radical (unpaired) electrons. The van der Waals surface area contributed by atoms with Crippen LogP contribution in [0.1, 0.15) is 39.5 Å². The van der Waals surface area contributed by atoms with Gasteiger partial charge in [0.25, 0.3) is 0 Å². The quantitative estimate of drug-likeness (QED) is 0.695. The van der Waals surface area contributed by atoms with Crippen LogP contribution in [0, 0.1) is 16.7 Å². The number of carbonyl (C=O) groups excluding carboxylic acids is 1. The lowest BCUT2D eigenvalue weighted by Gasteiger charge is -2.26. The molecule has 0 bridgehead atoms. The van der Waals surface area contributed by atoms with Crippen LogP contribution in [0.2, 0.25) is 0 Å². The average molecular weight is 282 g/mol. The zero-order chi connectivity index (χ0) is 15.1. The molecule has 0 saturated heterocycles. The van der Waals surface area contributed by atoms with E-state index in [9.17, 15) is 22.4 Å². The minimum atomic E-state index is -4.28. The number of nitrogens with one attached hydrogen (secondary N) is 1. The standard InChI is InChI=1S/C12H18F4N2O/c1-3-5-11(7-17,6-4-2)10(19)18-8-12(15,16)9(13)14/h9H,3-6,8H2,1-2H3,(H,18,19). The molecule has 0 aromatic rings. The largest absolute Gasteiger partial charge is 0.348 e. The number of rotatable bonds is 8. The molecule has 0 aliphatic rings. The lowest BCUT2D eigenvalue weighted by Crippen LogP contribution is -2.47. The van der Waals surface area contributed by atoms with E-state index in [0.29, 0.717) is 12.8 Å². The van der Waals surface area contributed by atoms with Crippen molar-refractivity contribution in [3.63, 3.8) is 0 Å². The first-order chi connectivity index (χ1) is 8.75. The van der Waals surface area contributed by atoms with Gasteiger partial charge in [0.2, 0.25) is 5.91 Å². The van der Waals surface area contributed by atoms with Gasteiger partial charge in [0.15, 0.2) is 0 Å². The summed E-state index contributed by atoms with van der Waals surface area (Å²) in [6.07, 6.45) is -2.38.